The smallest absolute Gasteiger partial charge is 0.269 e. The monoisotopic (exact) mass is 350 g/mol. The van der Waals surface area contributed by atoms with E-state index in [1.165, 1.54) is 23.9 Å². The number of hydrogen-bond donors (Lipinski definition) is 0. The number of amides is 1. The number of thioether (sulfide) groups is 1. The summed E-state index contributed by atoms with van der Waals surface area (Å²) in [5, 5.41) is 10.7. The molecule has 2 aliphatic rings. The van der Waals surface area contributed by atoms with Crippen molar-refractivity contribution in [1.82, 2.24) is 4.90 Å². The number of non-ortho nitro benzene ring substituents is 1. The molecule has 23 heavy (non-hydrogen) atoms. The molecule has 0 unspecified atom stereocenters. The van der Waals surface area contributed by atoms with Crippen LogP contribution in [0, 0.1) is 10.1 Å². The molecule has 0 N–H and O–H groups in total. The van der Waals surface area contributed by atoms with Crippen molar-refractivity contribution in [2.45, 2.75) is 18.9 Å². The number of thiocarbonyl (C=S) groups is 1. The van der Waals surface area contributed by atoms with Gasteiger partial charge in [0.15, 0.2) is 0 Å². The molecule has 0 aromatic heterocycles. The van der Waals surface area contributed by atoms with E-state index in [2.05, 4.69) is 0 Å². The third-order valence-corrected chi connectivity index (χ3v) is 5.06. The maximum absolute atomic E-state index is 12.5. The van der Waals surface area contributed by atoms with Crippen molar-refractivity contribution >= 4 is 46.0 Å². The van der Waals surface area contributed by atoms with E-state index in [0.717, 1.165) is 25.0 Å². The Labute approximate surface area is 142 Å². The van der Waals surface area contributed by atoms with E-state index in [1.54, 1.807) is 23.1 Å². The Hall–Kier alpha value is -1.77. The minimum Gasteiger partial charge on any atom is -0.376 e. The molecule has 0 radical (unpaired) electrons. The van der Waals surface area contributed by atoms with Gasteiger partial charge in [-0.1, -0.05) is 24.0 Å². The molecule has 120 valence electrons. The first-order valence-electron chi connectivity index (χ1n) is 7.16. The average molecular weight is 350 g/mol. The van der Waals surface area contributed by atoms with Crippen molar-refractivity contribution in [3.8, 4) is 0 Å². The van der Waals surface area contributed by atoms with Crippen LogP contribution in [-0.4, -0.2) is 39.3 Å². The first-order chi connectivity index (χ1) is 11.0. The molecule has 2 saturated heterocycles. The molecule has 2 heterocycles. The predicted molar refractivity (Wildman–Crippen MR) is 91.9 cm³/mol. The molecule has 2 fully saturated rings. The van der Waals surface area contributed by atoms with Crippen LogP contribution in [0.4, 0.5) is 5.69 Å². The summed E-state index contributed by atoms with van der Waals surface area (Å²) >= 11 is 6.53. The molecule has 2 aliphatic heterocycles. The van der Waals surface area contributed by atoms with E-state index in [-0.39, 0.29) is 17.7 Å². The Bertz CT molecular complexity index is 681. The lowest BCUT2D eigenvalue weighted by Gasteiger charge is -2.18. The number of ether oxygens (including phenoxy) is 1. The van der Waals surface area contributed by atoms with Gasteiger partial charge in [-0.3, -0.25) is 19.8 Å². The molecule has 1 atom stereocenters. The second kappa shape index (κ2) is 6.77. The van der Waals surface area contributed by atoms with Crippen LogP contribution < -0.4 is 0 Å². The molecule has 1 aromatic carbocycles. The summed E-state index contributed by atoms with van der Waals surface area (Å²) in [5.41, 5.74) is 0.751. The quantitative estimate of drug-likeness (QED) is 0.360. The van der Waals surface area contributed by atoms with Gasteiger partial charge in [0.2, 0.25) is 0 Å². The molecule has 0 saturated carbocycles. The number of carbonyl (C=O) groups excluding carboxylic acids is 1. The summed E-state index contributed by atoms with van der Waals surface area (Å²) in [4.78, 5) is 24.8. The molecule has 0 aliphatic carbocycles. The summed E-state index contributed by atoms with van der Waals surface area (Å²) in [5.74, 6) is -0.131. The summed E-state index contributed by atoms with van der Waals surface area (Å²) in [6.07, 6.45) is 3.71. The topological polar surface area (TPSA) is 72.7 Å². The maximum Gasteiger partial charge on any atom is 0.269 e. The fourth-order valence-electron chi connectivity index (χ4n) is 2.49. The fourth-order valence-corrected chi connectivity index (χ4v) is 3.77. The van der Waals surface area contributed by atoms with Crippen LogP contribution in [-0.2, 0) is 9.53 Å². The zero-order valence-corrected chi connectivity index (χ0v) is 13.8. The number of benzene rings is 1. The first-order valence-corrected chi connectivity index (χ1v) is 8.38. The van der Waals surface area contributed by atoms with Gasteiger partial charge < -0.3 is 4.74 Å². The van der Waals surface area contributed by atoms with Crippen LogP contribution >= 0.6 is 24.0 Å². The van der Waals surface area contributed by atoms with Crippen LogP contribution in [0.5, 0.6) is 0 Å². The van der Waals surface area contributed by atoms with E-state index in [0.29, 0.717) is 15.8 Å². The molecular formula is C15H14N2O4S2. The summed E-state index contributed by atoms with van der Waals surface area (Å²) in [7, 11) is 0. The summed E-state index contributed by atoms with van der Waals surface area (Å²) < 4.78 is 6.08. The van der Waals surface area contributed by atoms with Gasteiger partial charge >= 0.3 is 0 Å². The van der Waals surface area contributed by atoms with Crippen LogP contribution in [0.25, 0.3) is 6.08 Å². The van der Waals surface area contributed by atoms with E-state index in [1.807, 2.05) is 0 Å². The number of nitrogens with zero attached hydrogens (tertiary/aromatic N) is 2. The molecule has 6 nitrogen and oxygen atoms in total. The molecule has 0 bridgehead atoms. The lowest BCUT2D eigenvalue weighted by atomic mass is 10.2. The van der Waals surface area contributed by atoms with Crippen molar-refractivity contribution in [1.29, 1.82) is 0 Å². The van der Waals surface area contributed by atoms with Gasteiger partial charge in [-0.15, -0.1) is 0 Å². The second-order valence-electron chi connectivity index (χ2n) is 5.28. The Morgan fingerprint density at radius 3 is 2.78 bits per heavy atom. The van der Waals surface area contributed by atoms with Crippen molar-refractivity contribution in [2.75, 3.05) is 13.2 Å². The van der Waals surface area contributed by atoms with Gasteiger partial charge in [-0.2, -0.15) is 0 Å². The molecule has 8 heteroatoms. The lowest BCUT2D eigenvalue weighted by molar-refractivity contribution is -0.384. The third-order valence-electron chi connectivity index (χ3n) is 3.69. The van der Waals surface area contributed by atoms with Crippen molar-refractivity contribution in [2.24, 2.45) is 0 Å². The van der Waals surface area contributed by atoms with E-state index >= 15 is 0 Å². The average Bonchev–Trinajstić information content (AvgIpc) is 3.12. The van der Waals surface area contributed by atoms with Crippen molar-refractivity contribution < 1.29 is 14.5 Å². The van der Waals surface area contributed by atoms with Gasteiger partial charge in [0, 0.05) is 18.7 Å². The van der Waals surface area contributed by atoms with Crippen LogP contribution in [0.3, 0.4) is 0 Å². The van der Waals surface area contributed by atoms with Crippen LogP contribution in [0.1, 0.15) is 18.4 Å². The SMILES string of the molecule is O=C1/C(=C\c2ccc([N+](=O)[O-])cc2)SC(=S)N1C[C@@H]1CCCO1. The van der Waals surface area contributed by atoms with Gasteiger partial charge in [-0.25, -0.2) is 0 Å². The van der Waals surface area contributed by atoms with Crippen LogP contribution in [0.2, 0.25) is 0 Å². The van der Waals surface area contributed by atoms with Crippen LogP contribution in [0.15, 0.2) is 29.2 Å². The fraction of sp³-hybridized carbons (Fsp3) is 0.333. The second-order valence-corrected chi connectivity index (χ2v) is 6.95. The van der Waals surface area contributed by atoms with Crippen molar-refractivity contribution in [3.63, 3.8) is 0 Å². The highest BCUT2D eigenvalue weighted by Gasteiger charge is 2.34. The summed E-state index contributed by atoms with van der Waals surface area (Å²) in [6.45, 7) is 1.22. The molecule has 3 rings (SSSR count). The maximum atomic E-state index is 12.5. The highest BCUT2D eigenvalue weighted by Crippen LogP contribution is 2.33. The number of nitro benzene ring substituents is 1. The molecule has 0 spiro atoms. The molecule has 1 aromatic rings. The van der Waals surface area contributed by atoms with E-state index in [4.69, 9.17) is 17.0 Å². The van der Waals surface area contributed by atoms with E-state index in [9.17, 15) is 14.9 Å². The van der Waals surface area contributed by atoms with Gasteiger partial charge in [-0.05, 0) is 36.6 Å². The minimum atomic E-state index is -0.454. The Morgan fingerprint density at radius 2 is 2.17 bits per heavy atom. The predicted octanol–water partition coefficient (Wildman–Crippen LogP) is 2.98. The first kappa shape index (κ1) is 16.1. The third kappa shape index (κ3) is 3.60. The highest BCUT2D eigenvalue weighted by atomic mass is 32.2. The Morgan fingerprint density at radius 1 is 1.43 bits per heavy atom. The molecular weight excluding hydrogens is 336 g/mol. The molecule has 1 amide bonds. The Kier molecular flexibility index (Phi) is 4.74. The normalized spacial score (nSPS) is 23.0. The standard InChI is InChI=1S/C15H14N2O4S2/c18-14-13(8-10-3-5-11(6-4-10)17(19)20)23-15(22)16(14)9-12-2-1-7-21-12/h3-6,8,12H,1-2,7,9H2/b13-8+/t12-/m0/s1. The Balaban J connectivity index is 1.73. The zero-order chi connectivity index (χ0) is 16.4. The lowest BCUT2D eigenvalue weighted by Crippen LogP contribution is -2.35. The number of rotatable bonds is 4. The van der Waals surface area contributed by atoms with Gasteiger partial charge in [0.1, 0.15) is 4.32 Å². The van der Waals surface area contributed by atoms with Gasteiger partial charge in [0.05, 0.1) is 22.5 Å². The zero-order valence-electron chi connectivity index (χ0n) is 12.1. The van der Waals surface area contributed by atoms with Gasteiger partial charge in [0.25, 0.3) is 11.6 Å². The number of hydrogen-bond acceptors (Lipinski definition) is 6. The number of carbonyl (C=O) groups is 1. The van der Waals surface area contributed by atoms with Crippen molar-refractivity contribution in [3.05, 3.63) is 44.8 Å². The largest absolute Gasteiger partial charge is 0.376 e. The number of nitro groups is 1. The van der Waals surface area contributed by atoms with E-state index < -0.39 is 4.92 Å². The highest BCUT2D eigenvalue weighted by molar-refractivity contribution is 8.26. The summed E-state index contributed by atoms with van der Waals surface area (Å²) in [6, 6.07) is 6.06. The minimum absolute atomic E-state index is 0.0214.